The van der Waals surface area contributed by atoms with Gasteiger partial charge in [-0.25, -0.2) is 4.98 Å². The highest BCUT2D eigenvalue weighted by Gasteiger charge is 2.08. The molecule has 0 fully saturated rings. The molecule has 4 nitrogen and oxygen atoms in total. The Balaban J connectivity index is 2.58. The van der Waals surface area contributed by atoms with Crippen molar-refractivity contribution in [3.63, 3.8) is 0 Å². The zero-order valence-electron chi connectivity index (χ0n) is 10.7. The van der Waals surface area contributed by atoms with Gasteiger partial charge in [-0.3, -0.25) is 0 Å². The van der Waals surface area contributed by atoms with Crippen LogP contribution in [0.25, 0.3) is 11.1 Å². The minimum absolute atomic E-state index is 0.496. The smallest absolute Gasteiger partial charge is 0.131 e. The van der Waals surface area contributed by atoms with Crippen molar-refractivity contribution in [2.45, 2.75) is 6.92 Å². The van der Waals surface area contributed by atoms with E-state index in [1.54, 1.807) is 20.4 Å². The van der Waals surface area contributed by atoms with Gasteiger partial charge in [0.2, 0.25) is 0 Å². The molecule has 0 spiro atoms. The zero-order chi connectivity index (χ0) is 13.1. The summed E-state index contributed by atoms with van der Waals surface area (Å²) in [7, 11) is 3.24. The molecule has 0 aliphatic heterocycles. The lowest BCUT2D eigenvalue weighted by Crippen LogP contribution is -1.96. The van der Waals surface area contributed by atoms with Gasteiger partial charge in [0.05, 0.1) is 14.2 Å². The number of pyridine rings is 1. The minimum Gasteiger partial charge on any atom is -0.497 e. The first-order valence-corrected chi connectivity index (χ1v) is 5.59. The molecule has 2 rings (SSSR count). The number of anilines is 1. The van der Waals surface area contributed by atoms with Crippen LogP contribution >= 0.6 is 0 Å². The second-order valence-electron chi connectivity index (χ2n) is 4.05. The van der Waals surface area contributed by atoms with Gasteiger partial charge in [0.1, 0.15) is 17.3 Å². The van der Waals surface area contributed by atoms with Gasteiger partial charge >= 0.3 is 0 Å². The Morgan fingerprint density at radius 1 is 1.00 bits per heavy atom. The van der Waals surface area contributed by atoms with Crippen LogP contribution in [0.1, 0.15) is 5.56 Å². The van der Waals surface area contributed by atoms with Gasteiger partial charge in [0.15, 0.2) is 0 Å². The van der Waals surface area contributed by atoms with E-state index in [-0.39, 0.29) is 0 Å². The van der Waals surface area contributed by atoms with E-state index in [9.17, 15) is 0 Å². The van der Waals surface area contributed by atoms with E-state index in [0.29, 0.717) is 5.82 Å². The average Bonchev–Trinajstić information content (AvgIpc) is 2.40. The molecule has 0 radical (unpaired) electrons. The summed E-state index contributed by atoms with van der Waals surface area (Å²) in [5, 5.41) is 0. The topological polar surface area (TPSA) is 57.4 Å². The van der Waals surface area contributed by atoms with Gasteiger partial charge in [0.25, 0.3) is 0 Å². The molecule has 2 aromatic rings. The molecule has 0 atom stereocenters. The molecule has 0 bridgehead atoms. The zero-order valence-corrected chi connectivity index (χ0v) is 10.7. The number of hydrogen-bond donors (Lipinski definition) is 1. The number of rotatable bonds is 3. The number of nitrogens with zero attached hydrogens (tertiary/aromatic N) is 1. The Morgan fingerprint density at radius 3 is 2.17 bits per heavy atom. The maximum atomic E-state index is 5.91. The summed E-state index contributed by atoms with van der Waals surface area (Å²) in [4.78, 5) is 4.16. The molecule has 0 aliphatic rings. The SMILES string of the molecule is COc1cc(OC)cc(-c2cc(C)cnc2N)c1. The van der Waals surface area contributed by atoms with Crippen LogP contribution in [0.15, 0.2) is 30.5 Å². The van der Waals surface area contributed by atoms with E-state index in [0.717, 1.165) is 28.2 Å². The van der Waals surface area contributed by atoms with Crippen LogP contribution < -0.4 is 15.2 Å². The monoisotopic (exact) mass is 244 g/mol. The Bertz CT molecular complexity index is 545. The maximum absolute atomic E-state index is 5.91. The fraction of sp³-hybridized carbons (Fsp3) is 0.214. The quantitative estimate of drug-likeness (QED) is 0.901. The van der Waals surface area contributed by atoms with E-state index in [4.69, 9.17) is 15.2 Å². The summed E-state index contributed by atoms with van der Waals surface area (Å²) in [6.07, 6.45) is 1.75. The molecule has 1 aromatic heterocycles. The average molecular weight is 244 g/mol. The lowest BCUT2D eigenvalue weighted by molar-refractivity contribution is 0.394. The number of hydrogen-bond acceptors (Lipinski definition) is 4. The number of nitrogen functional groups attached to an aromatic ring is 1. The van der Waals surface area contributed by atoms with Gasteiger partial charge in [-0.15, -0.1) is 0 Å². The van der Waals surface area contributed by atoms with E-state index in [2.05, 4.69) is 4.98 Å². The first-order chi connectivity index (χ1) is 8.63. The predicted molar refractivity (Wildman–Crippen MR) is 71.9 cm³/mol. The van der Waals surface area contributed by atoms with Crippen molar-refractivity contribution in [1.82, 2.24) is 4.98 Å². The van der Waals surface area contributed by atoms with Crippen molar-refractivity contribution in [1.29, 1.82) is 0 Å². The van der Waals surface area contributed by atoms with Gasteiger partial charge in [0, 0.05) is 17.8 Å². The molecule has 0 saturated carbocycles. The molecule has 1 aromatic carbocycles. The van der Waals surface area contributed by atoms with Gasteiger partial charge in [-0.2, -0.15) is 0 Å². The van der Waals surface area contributed by atoms with Crippen LogP contribution in [0, 0.1) is 6.92 Å². The fourth-order valence-corrected chi connectivity index (χ4v) is 1.77. The van der Waals surface area contributed by atoms with Crippen molar-refractivity contribution in [3.05, 3.63) is 36.0 Å². The molecule has 1 heterocycles. The van der Waals surface area contributed by atoms with Crippen molar-refractivity contribution in [2.75, 3.05) is 20.0 Å². The van der Waals surface area contributed by atoms with Gasteiger partial charge < -0.3 is 15.2 Å². The van der Waals surface area contributed by atoms with Crippen LogP contribution in [0.5, 0.6) is 11.5 Å². The lowest BCUT2D eigenvalue weighted by Gasteiger charge is -2.10. The largest absolute Gasteiger partial charge is 0.497 e. The molecule has 0 unspecified atom stereocenters. The fourth-order valence-electron chi connectivity index (χ4n) is 1.77. The van der Waals surface area contributed by atoms with Crippen LogP contribution in [0.4, 0.5) is 5.82 Å². The van der Waals surface area contributed by atoms with Gasteiger partial charge in [-0.05, 0) is 36.2 Å². The molecular formula is C14H16N2O2. The van der Waals surface area contributed by atoms with Gasteiger partial charge in [-0.1, -0.05) is 0 Å². The third kappa shape index (κ3) is 2.37. The third-order valence-corrected chi connectivity index (χ3v) is 2.72. The summed E-state index contributed by atoms with van der Waals surface area (Å²) in [5.41, 5.74) is 8.78. The van der Waals surface area contributed by atoms with Crippen molar-refractivity contribution in [2.24, 2.45) is 0 Å². The Morgan fingerprint density at radius 2 is 1.61 bits per heavy atom. The maximum Gasteiger partial charge on any atom is 0.131 e. The number of methoxy groups -OCH3 is 2. The Kier molecular flexibility index (Phi) is 3.37. The highest BCUT2D eigenvalue weighted by molar-refractivity contribution is 5.76. The van der Waals surface area contributed by atoms with E-state index in [1.165, 1.54) is 0 Å². The highest BCUT2D eigenvalue weighted by atomic mass is 16.5. The molecule has 0 saturated heterocycles. The predicted octanol–water partition coefficient (Wildman–Crippen LogP) is 2.66. The summed E-state index contributed by atoms with van der Waals surface area (Å²) < 4.78 is 10.5. The number of nitrogens with two attached hydrogens (primary N) is 1. The van der Waals surface area contributed by atoms with E-state index < -0.39 is 0 Å². The van der Waals surface area contributed by atoms with E-state index >= 15 is 0 Å². The first kappa shape index (κ1) is 12.2. The minimum atomic E-state index is 0.496. The van der Waals surface area contributed by atoms with Crippen LogP contribution in [-0.2, 0) is 0 Å². The number of ether oxygens (including phenoxy) is 2. The molecule has 4 heteroatoms. The van der Waals surface area contributed by atoms with Crippen molar-refractivity contribution in [3.8, 4) is 22.6 Å². The standard InChI is InChI=1S/C14H16N2O2/c1-9-4-13(14(15)16-8-9)10-5-11(17-2)7-12(6-10)18-3/h4-8H,1-3H3,(H2,15,16). The second kappa shape index (κ2) is 4.96. The number of aromatic nitrogens is 1. The number of aryl methyl sites for hydroxylation is 1. The Hall–Kier alpha value is -2.23. The van der Waals surface area contributed by atoms with Crippen molar-refractivity contribution < 1.29 is 9.47 Å². The number of benzene rings is 1. The van der Waals surface area contributed by atoms with Crippen LogP contribution in [0.3, 0.4) is 0 Å². The summed E-state index contributed by atoms with van der Waals surface area (Å²) in [6.45, 7) is 1.98. The van der Waals surface area contributed by atoms with E-state index in [1.807, 2.05) is 31.2 Å². The molecule has 0 amide bonds. The first-order valence-electron chi connectivity index (χ1n) is 5.59. The van der Waals surface area contributed by atoms with Crippen LogP contribution in [0.2, 0.25) is 0 Å². The molecule has 18 heavy (non-hydrogen) atoms. The summed E-state index contributed by atoms with van der Waals surface area (Å²) in [5.74, 6) is 1.95. The molecule has 2 N–H and O–H groups in total. The van der Waals surface area contributed by atoms with Crippen LogP contribution in [-0.4, -0.2) is 19.2 Å². The van der Waals surface area contributed by atoms with Crippen molar-refractivity contribution >= 4 is 5.82 Å². The normalized spacial score (nSPS) is 10.2. The lowest BCUT2D eigenvalue weighted by atomic mass is 10.0. The summed E-state index contributed by atoms with van der Waals surface area (Å²) in [6, 6.07) is 7.64. The molecule has 0 aliphatic carbocycles. The molecular weight excluding hydrogens is 228 g/mol. The second-order valence-corrected chi connectivity index (χ2v) is 4.05. The molecule has 94 valence electrons. The Labute approximate surface area is 106 Å². The highest BCUT2D eigenvalue weighted by Crippen LogP contribution is 2.32. The third-order valence-electron chi connectivity index (χ3n) is 2.72. The summed E-state index contributed by atoms with van der Waals surface area (Å²) >= 11 is 0.